The fourth-order valence-electron chi connectivity index (χ4n) is 3.25. The number of hydrogen-bond donors (Lipinski definition) is 2. The molecule has 4 nitrogen and oxygen atoms in total. The van der Waals surface area contributed by atoms with Gasteiger partial charge in [0.1, 0.15) is 0 Å². The van der Waals surface area contributed by atoms with Crippen LogP contribution in [-0.4, -0.2) is 45.6 Å². The van der Waals surface area contributed by atoms with Gasteiger partial charge in [-0.15, -0.1) is 0 Å². The van der Waals surface area contributed by atoms with Crippen molar-refractivity contribution >= 4 is 9.84 Å². The molecule has 1 heterocycles. The summed E-state index contributed by atoms with van der Waals surface area (Å²) in [6.07, 6.45) is 6.61. The summed E-state index contributed by atoms with van der Waals surface area (Å²) in [4.78, 5) is 0. The largest absolute Gasteiger partial charge is 0.316 e. The van der Waals surface area contributed by atoms with E-state index in [2.05, 4.69) is 10.6 Å². The Morgan fingerprint density at radius 3 is 2.67 bits per heavy atom. The summed E-state index contributed by atoms with van der Waals surface area (Å²) in [5.74, 6) is 1.63. The van der Waals surface area contributed by atoms with Crippen LogP contribution in [-0.2, 0) is 9.84 Å². The molecule has 2 N–H and O–H groups in total. The van der Waals surface area contributed by atoms with Crippen molar-refractivity contribution in [1.82, 2.24) is 10.6 Å². The lowest BCUT2D eigenvalue weighted by molar-refractivity contribution is 0.392. The maximum atomic E-state index is 11.5. The lowest BCUT2D eigenvalue weighted by atomic mass is 10.0. The van der Waals surface area contributed by atoms with Gasteiger partial charge in [0.2, 0.25) is 0 Å². The highest BCUT2D eigenvalue weighted by atomic mass is 32.2. The van der Waals surface area contributed by atoms with Crippen LogP contribution in [0.25, 0.3) is 0 Å². The molecular weight excluding hydrogens is 248 g/mol. The molecule has 0 aromatic heterocycles. The lowest BCUT2D eigenvalue weighted by Gasteiger charge is -2.24. The highest BCUT2D eigenvalue weighted by molar-refractivity contribution is 7.91. The molecule has 1 atom stereocenters. The third kappa shape index (κ3) is 3.06. The molecule has 0 radical (unpaired) electrons. The molecule has 0 bridgehead atoms. The van der Waals surface area contributed by atoms with E-state index in [-0.39, 0.29) is 6.04 Å². The SMILES string of the molecule is O=S1(=O)CCNC(CCNCC2(C3CC3)CC2)C1. The Hall–Kier alpha value is -0.130. The maximum absolute atomic E-state index is 11.5. The van der Waals surface area contributed by atoms with E-state index in [4.69, 9.17) is 0 Å². The second-order valence-corrected chi connectivity index (χ2v) is 8.60. The molecule has 3 aliphatic rings. The highest BCUT2D eigenvalue weighted by Crippen LogP contribution is 2.60. The Balaban J connectivity index is 1.35. The third-order valence-electron chi connectivity index (χ3n) is 4.78. The lowest BCUT2D eigenvalue weighted by Crippen LogP contribution is -2.46. The van der Waals surface area contributed by atoms with Gasteiger partial charge >= 0.3 is 0 Å². The van der Waals surface area contributed by atoms with E-state index < -0.39 is 9.84 Å². The van der Waals surface area contributed by atoms with Crippen molar-refractivity contribution in [3.05, 3.63) is 0 Å². The topological polar surface area (TPSA) is 58.2 Å². The molecular formula is C13H24N2O2S. The Morgan fingerprint density at radius 2 is 2.06 bits per heavy atom. The molecule has 104 valence electrons. The van der Waals surface area contributed by atoms with Crippen molar-refractivity contribution in [2.75, 3.05) is 31.1 Å². The Labute approximate surface area is 110 Å². The number of nitrogens with one attached hydrogen (secondary N) is 2. The number of sulfone groups is 1. The van der Waals surface area contributed by atoms with Crippen LogP contribution < -0.4 is 10.6 Å². The zero-order valence-corrected chi connectivity index (χ0v) is 11.8. The van der Waals surface area contributed by atoms with Gasteiger partial charge in [0.15, 0.2) is 9.84 Å². The van der Waals surface area contributed by atoms with Crippen LogP contribution in [0.2, 0.25) is 0 Å². The van der Waals surface area contributed by atoms with E-state index in [9.17, 15) is 8.42 Å². The first-order chi connectivity index (χ1) is 8.60. The molecule has 3 rings (SSSR count). The molecule has 0 spiro atoms. The van der Waals surface area contributed by atoms with Gasteiger partial charge in [0, 0.05) is 19.1 Å². The van der Waals surface area contributed by atoms with Crippen LogP contribution in [0.1, 0.15) is 32.1 Å². The number of hydrogen-bond acceptors (Lipinski definition) is 4. The molecule has 1 unspecified atom stereocenters. The highest BCUT2D eigenvalue weighted by Gasteiger charge is 2.53. The first-order valence-corrected chi connectivity index (χ1v) is 9.06. The molecule has 18 heavy (non-hydrogen) atoms. The minimum Gasteiger partial charge on any atom is -0.316 e. The van der Waals surface area contributed by atoms with E-state index in [0.717, 1.165) is 25.4 Å². The fourth-order valence-corrected chi connectivity index (χ4v) is 4.75. The van der Waals surface area contributed by atoms with E-state index >= 15 is 0 Å². The quantitative estimate of drug-likeness (QED) is 0.693. The standard InChI is InChI=1S/C13H24N2O2S/c16-18(17)8-7-15-12(9-18)3-6-14-10-13(4-5-13)11-1-2-11/h11-12,14-15H,1-10H2. The van der Waals surface area contributed by atoms with Crippen LogP contribution in [0.4, 0.5) is 0 Å². The normalized spacial score (nSPS) is 33.2. The molecule has 2 saturated carbocycles. The van der Waals surface area contributed by atoms with E-state index in [1.807, 2.05) is 0 Å². The molecule has 0 aromatic rings. The predicted molar refractivity (Wildman–Crippen MR) is 72.3 cm³/mol. The fraction of sp³-hybridized carbons (Fsp3) is 1.00. The maximum Gasteiger partial charge on any atom is 0.153 e. The first-order valence-electron chi connectivity index (χ1n) is 7.24. The summed E-state index contributed by atoms with van der Waals surface area (Å²) in [5, 5.41) is 6.85. The first kappa shape index (κ1) is 12.9. The van der Waals surface area contributed by atoms with E-state index in [1.54, 1.807) is 0 Å². The van der Waals surface area contributed by atoms with Gasteiger partial charge in [-0.1, -0.05) is 0 Å². The Bertz CT molecular complexity index is 399. The van der Waals surface area contributed by atoms with Gasteiger partial charge < -0.3 is 10.6 Å². The van der Waals surface area contributed by atoms with Crippen molar-refractivity contribution in [1.29, 1.82) is 0 Å². The average Bonchev–Trinajstić information content (AvgIpc) is 3.13. The Kier molecular flexibility index (Phi) is 3.41. The average molecular weight is 272 g/mol. The van der Waals surface area contributed by atoms with Gasteiger partial charge in [0.25, 0.3) is 0 Å². The van der Waals surface area contributed by atoms with Gasteiger partial charge in [-0.05, 0) is 50.0 Å². The predicted octanol–water partition coefficient (Wildman–Crippen LogP) is 0.543. The van der Waals surface area contributed by atoms with Crippen LogP contribution in [0.5, 0.6) is 0 Å². The van der Waals surface area contributed by atoms with Gasteiger partial charge in [0.05, 0.1) is 11.5 Å². The molecule has 1 saturated heterocycles. The van der Waals surface area contributed by atoms with Crippen LogP contribution in [0.15, 0.2) is 0 Å². The summed E-state index contributed by atoms with van der Waals surface area (Å²) >= 11 is 0. The second kappa shape index (κ2) is 4.76. The van der Waals surface area contributed by atoms with Crippen LogP contribution in [0, 0.1) is 11.3 Å². The summed E-state index contributed by atoms with van der Waals surface area (Å²) in [6.45, 7) is 2.72. The van der Waals surface area contributed by atoms with Crippen molar-refractivity contribution in [2.24, 2.45) is 11.3 Å². The summed E-state index contributed by atoms with van der Waals surface area (Å²) in [7, 11) is -2.78. The zero-order valence-electron chi connectivity index (χ0n) is 11.0. The van der Waals surface area contributed by atoms with Crippen molar-refractivity contribution in [2.45, 2.75) is 38.1 Å². The van der Waals surface area contributed by atoms with E-state index in [0.29, 0.717) is 23.5 Å². The molecule has 2 aliphatic carbocycles. The molecule has 1 aliphatic heterocycles. The van der Waals surface area contributed by atoms with Crippen molar-refractivity contribution in [3.8, 4) is 0 Å². The van der Waals surface area contributed by atoms with Gasteiger partial charge in [-0.3, -0.25) is 0 Å². The minimum absolute atomic E-state index is 0.160. The zero-order chi connectivity index (χ0) is 12.6. The Morgan fingerprint density at radius 1 is 1.28 bits per heavy atom. The van der Waals surface area contributed by atoms with Gasteiger partial charge in [-0.25, -0.2) is 8.42 Å². The third-order valence-corrected chi connectivity index (χ3v) is 6.52. The van der Waals surface area contributed by atoms with E-state index in [1.165, 1.54) is 25.7 Å². The minimum atomic E-state index is -2.78. The summed E-state index contributed by atoms with van der Waals surface area (Å²) in [6, 6.07) is 0.160. The van der Waals surface area contributed by atoms with Crippen LogP contribution in [0.3, 0.4) is 0 Å². The van der Waals surface area contributed by atoms with Crippen molar-refractivity contribution in [3.63, 3.8) is 0 Å². The van der Waals surface area contributed by atoms with Crippen LogP contribution >= 0.6 is 0 Å². The smallest absolute Gasteiger partial charge is 0.153 e. The van der Waals surface area contributed by atoms with Gasteiger partial charge in [-0.2, -0.15) is 0 Å². The molecule has 0 aromatic carbocycles. The second-order valence-electron chi connectivity index (χ2n) is 6.37. The number of rotatable bonds is 6. The molecule has 3 fully saturated rings. The summed E-state index contributed by atoms with van der Waals surface area (Å²) < 4.78 is 23.0. The van der Waals surface area contributed by atoms with Crippen molar-refractivity contribution < 1.29 is 8.42 Å². The molecule has 5 heteroatoms. The summed E-state index contributed by atoms with van der Waals surface area (Å²) in [5.41, 5.74) is 0.645. The molecule has 0 amide bonds. The monoisotopic (exact) mass is 272 g/mol.